The van der Waals surface area contributed by atoms with Gasteiger partial charge in [-0.25, -0.2) is 0 Å². The van der Waals surface area contributed by atoms with Crippen LogP contribution in [0.1, 0.15) is 30.6 Å². The quantitative estimate of drug-likeness (QED) is 0.907. The molecule has 0 aromatic carbocycles. The largest absolute Gasteiger partial charge is 0.370 e. The molecular weight excluding hydrogens is 296 g/mol. The third-order valence-corrected chi connectivity index (χ3v) is 4.96. The van der Waals surface area contributed by atoms with E-state index in [0.29, 0.717) is 18.8 Å². The van der Waals surface area contributed by atoms with Crippen molar-refractivity contribution in [2.45, 2.75) is 32.1 Å². The molecule has 2 heterocycles. The second-order valence-corrected chi connectivity index (χ2v) is 7.00. The predicted octanol–water partition coefficient (Wildman–Crippen LogP) is 2.45. The first-order chi connectivity index (χ1) is 9.54. The lowest BCUT2D eigenvalue weighted by atomic mass is 9.93. The van der Waals surface area contributed by atoms with Crippen LogP contribution in [0.25, 0.3) is 0 Å². The molecule has 6 heteroatoms. The first-order valence-corrected chi connectivity index (χ1v) is 8.04. The zero-order valence-corrected chi connectivity index (χ0v) is 12.9. The molecular formula is C14H19ClN2O2S. The normalized spacial score (nSPS) is 16.4. The number of aryl methyl sites for hydroxylation is 1. The van der Waals surface area contributed by atoms with E-state index in [1.165, 1.54) is 11.3 Å². The van der Waals surface area contributed by atoms with Gasteiger partial charge in [0.25, 0.3) is 0 Å². The summed E-state index contributed by atoms with van der Waals surface area (Å²) >= 11 is 7.39. The highest BCUT2D eigenvalue weighted by molar-refractivity contribution is 7.16. The van der Waals surface area contributed by atoms with E-state index in [4.69, 9.17) is 17.3 Å². The Morgan fingerprint density at radius 2 is 2.05 bits per heavy atom. The Balaban J connectivity index is 1.73. The van der Waals surface area contributed by atoms with Crippen LogP contribution in [0.5, 0.6) is 0 Å². The van der Waals surface area contributed by atoms with Crippen LogP contribution >= 0.6 is 22.9 Å². The van der Waals surface area contributed by atoms with Crippen molar-refractivity contribution in [3.63, 3.8) is 0 Å². The number of carbonyl (C=O) groups excluding carboxylic acids is 2. The van der Waals surface area contributed by atoms with Crippen LogP contribution in [0.3, 0.4) is 0 Å². The van der Waals surface area contributed by atoms with Gasteiger partial charge < -0.3 is 10.6 Å². The van der Waals surface area contributed by atoms with E-state index >= 15 is 0 Å². The fourth-order valence-electron chi connectivity index (χ4n) is 2.55. The van der Waals surface area contributed by atoms with Gasteiger partial charge in [-0.1, -0.05) is 11.6 Å². The number of nitrogens with two attached hydrogens (primary N) is 1. The molecule has 0 atom stereocenters. The van der Waals surface area contributed by atoms with Gasteiger partial charge in [0.2, 0.25) is 11.8 Å². The summed E-state index contributed by atoms with van der Waals surface area (Å²) in [6, 6.07) is 3.83. The first-order valence-electron chi connectivity index (χ1n) is 6.85. The molecule has 4 nitrogen and oxygen atoms in total. The van der Waals surface area contributed by atoms with Gasteiger partial charge in [-0.3, -0.25) is 9.59 Å². The lowest BCUT2D eigenvalue weighted by Crippen LogP contribution is -2.39. The molecule has 1 saturated heterocycles. The van der Waals surface area contributed by atoms with Gasteiger partial charge in [-0.15, -0.1) is 11.3 Å². The summed E-state index contributed by atoms with van der Waals surface area (Å²) in [6.07, 6.45) is 3.46. The molecule has 110 valence electrons. The molecule has 0 unspecified atom stereocenters. The Morgan fingerprint density at radius 3 is 2.60 bits per heavy atom. The minimum Gasteiger partial charge on any atom is -0.370 e. The average Bonchev–Trinajstić information content (AvgIpc) is 2.82. The highest BCUT2D eigenvalue weighted by Crippen LogP contribution is 2.24. The van der Waals surface area contributed by atoms with Crippen molar-refractivity contribution < 1.29 is 9.59 Å². The third kappa shape index (κ3) is 4.49. The van der Waals surface area contributed by atoms with E-state index in [-0.39, 0.29) is 11.8 Å². The number of amides is 2. The van der Waals surface area contributed by atoms with Crippen LogP contribution in [0.15, 0.2) is 12.1 Å². The minimum atomic E-state index is -0.246. The number of thiophene rings is 1. The highest BCUT2D eigenvalue weighted by atomic mass is 35.5. The number of primary amides is 1. The van der Waals surface area contributed by atoms with Crippen LogP contribution in [0.4, 0.5) is 0 Å². The molecule has 2 rings (SSSR count). The molecule has 1 aromatic heterocycles. The lowest BCUT2D eigenvalue weighted by Gasteiger charge is -2.31. The van der Waals surface area contributed by atoms with E-state index in [0.717, 1.165) is 41.6 Å². The van der Waals surface area contributed by atoms with Crippen LogP contribution < -0.4 is 5.73 Å². The molecule has 20 heavy (non-hydrogen) atoms. The SMILES string of the molecule is NC(=O)CC1CCN(C(=O)CCc2ccc(Cl)s2)CC1. The molecule has 2 N–H and O–H groups in total. The topological polar surface area (TPSA) is 63.4 Å². The molecule has 1 aliphatic rings. The number of hydrogen-bond acceptors (Lipinski definition) is 3. The van der Waals surface area contributed by atoms with E-state index in [2.05, 4.69) is 0 Å². The summed E-state index contributed by atoms with van der Waals surface area (Å²) in [7, 11) is 0. The molecule has 0 bridgehead atoms. The molecule has 0 spiro atoms. The number of nitrogens with zero attached hydrogens (tertiary/aromatic N) is 1. The Morgan fingerprint density at radius 1 is 1.35 bits per heavy atom. The van der Waals surface area contributed by atoms with Crippen molar-refractivity contribution in [2.75, 3.05) is 13.1 Å². The maximum atomic E-state index is 12.1. The highest BCUT2D eigenvalue weighted by Gasteiger charge is 2.23. The van der Waals surface area contributed by atoms with E-state index in [1.54, 1.807) is 0 Å². The number of piperidine rings is 1. The maximum absolute atomic E-state index is 12.1. The van der Waals surface area contributed by atoms with Crippen molar-refractivity contribution in [3.05, 3.63) is 21.3 Å². The summed E-state index contributed by atoms with van der Waals surface area (Å²) in [5.41, 5.74) is 5.20. The van der Waals surface area contributed by atoms with Crippen molar-refractivity contribution >= 4 is 34.8 Å². The van der Waals surface area contributed by atoms with Crippen molar-refractivity contribution in [1.29, 1.82) is 0 Å². The van der Waals surface area contributed by atoms with Gasteiger partial charge in [0.1, 0.15) is 0 Å². The smallest absolute Gasteiger partial charge is 0.222 e. The van der Waals surface area contributed by atoms with E-state index in [1.807, 2.05) is 17.0 Å². The van der Waals surface area contributed by atoms with Crippen LogP contribution in [-0.4, -0.2) is 29.8 Å². The summed E-state index contributed by atoms with van der Waals surface area (Å²) in [4.78, 5) is 26.0. The number of hydrogen-bond donors (Lipinski definition) is 1. The first kappa shape index (κ1) is 15.3. The molecule has 0 aliphatic carbocycles. The Labute approximate surface area is 127 Å². The van der Waals surface area contributed by atoms with Gasteiger partial charge in [0.15, 0.2) is 0 Å². The Bertz CT molecular complexity index is 481. The lowest BCUT2D eigenvalue weighted by molar-refractivity contribution is -0.132. The zero-order chi connectivity index (χ0) is 14.5. The summed E-state index contributed by atoms with van der Waals surface area (Å²) < 4.78 is 0.764. The van der Waals surface area contributed by atoms with E-state index in [9.17, 15) is 9.59 Å². The number of halogens is 1. The van der Waals surface area contributed by atoms with Crippen molar-refractivity contribution in [1.82, 2.24) is 4.90 Å². The van der Waals surface area contributed by atoms with Crippen LogP contribution in [0, 0.1) is 5.92 Å². The Kier molecular flexibility index (Phi) is 5.43. The second-order valence-electron chi connectivity index (χ2n) is 5.20. The molecule has 0 radical (unpaired) electrons. The second kappa shape index (κ2) is 7.09. The number of carbonyl (C=O) groups is 2. The van der Waals surface area contributed by atoms with Gasteiger partial charge in [0, 0.05) is 30.8 Å². The number of likely N-dealkylation sites (tertiary alicyclic amines) is 1. The molecule has 1 aliphatic heterocycles. The molecule has 2 amide bonds. The van der Waals surface area contributed by atoms with Gasteiger partial charge in [-0.05, 0) is 37.3 Å². The fraction of sp³-hybridized carbons (Fsp3) is 0.571. The summed E-state index contributed by atoms with van der Waals surface area (Å²) in [5.74, 6) is 0.282. The standard InChI is InChI=1S/C14H19ClN2O2S/c15-12-3-1-11(20-12)2-4-14(19)17-7-5-10(6-8-17)9-13(16)18/h1,3,10H,2,4-9H2,(H2,16,18). The van der Waals surface area contributed by atoms with Gasteiger partial charge in [-0.2, -0.15) is 0 Å². The third-order valence-electron chi connectivity index (χ3n) is 3.67. The molecule has 0 saturated carbocycles. The average molecular weight is 315 g/mol. The zero-order valence-electron chi connectivity index (χ0n) is 11.3. The van der Waals surface area contributed by atoms with Crippen LogP contribution in [0.2, 0.25) is 4.34 Å². The van der Waals surface area contributed by atoms with Crippen molar-refractivity contribution in [3.8, 4) is 0 Å². The fourth-order valence-corrected chi connectivity index (χ4v) is 3.63. The molecule has 1 aromatic rings. The minimum absolute atomic E-state index is 0.187. The van der Waals surface area contributed by atoms with E-state index < -0.39 is 0 Å². The molecule has 1 fully saturated rings. The summed E-state index contributed by atoms with van der Waals surface area (Å²) in [5, 5.41) is 0. The van der Waals surface area contributed by atoms with Gasteiger partial charge in [0.05, 0.1) is 4.34 Å². The predicted molar refractivity (Wildman–Crippen MR) is 80.8 cm³/mol. The Hall–Kier alpha value is -1.07. The maximum Gasteiger partial charge on any atom is 0.222 e. The van der Waals surface area contributed by atoms with Crippen molar-refractivity contribution in [2.24, 2.45) is 11.7 Å². The number of rotatable bonds is 5. The van der Waals surface area contributed by atoms with Gasteiger partial charge >= 0.3 is 0 Å². The monoisotopic (exact) mass is 314 g/mol. The van der Waals surface area contributed by atoms with Crippen LogP contribution in [-0.2, 0) is 16.0 Å². The summed E-state index contributed by atoms with van der Waals surface area (Å²) in [6.45, 7) is 1.48.